The second kappa shape index (κ2) is 6.64. The van der Waals surface area contributed by atoms with Crippen molar-refractivity contribution in [2.45, 2.75) is 23.1 Å². The minimum atomic E-state index is -3.48. The van der Waals surface area contributed by atoms with E-state index >= 15 is 0 Å². The van der Waals surface area contributed by atoms with Gasteiger partial charge in [-0.2, -0.15) is 4.31 Å². The fourth-order valence-electron chi connectivity index (χ4n) is 2.63. The van der Waals surface area contributed by atoms with Crippen molar-refractivity contribution in [2.24, 2.45) is 5.73 Å². The molecule has 2 aromatic rings. The number of rotatable bonds is 3. The maximum absolute atomic E-state index is 12.6. The highest BCUT2D eigenvalue weighted by atomic mass is 35.5. The van der Waals surface area contributed by atoms with E-state index in [1.807, 2.05) is 30.3 Å². The summed E-state index contributed by atoms with van der Waals surface area (Å²) in [5, 5.41) is 0.747. The van der Waals surface area contributed by atoms with Crippen molar-refractivity contribution < 1.29 is 8.42 Å². The van der Waals surface area contributed by atoms with Crippen LogP contribution in [0.25, 0.3) is 0 Å². The normalized spacial score (nSPS) is 22.5. The van der Waals surface area contributed by atoms with Crippen LogP contribution in [-0.2, 0) is 10.0 Å². The highest BCUT2D eigenvalue weighted by Crippen LogP contribution is 2.31. The van der Waals surface area contributed by atoms with Crippen LogP contribution in [0.3, 0.4) is 0 Å². The Labute approximate surface area is 140 Å². The van der Waals surface area contributed by atoms with Gasteiger partial charge in [-0.05, 0) is 12.5 Å². The summed E-state index contributed by atoms with van der Waals surface area (Å²) in [4.78, 5) is 4.03. The van der Waals surface area contributed by atoms with Gasteiger partial charge in [-0.25, -0.2) is 13.4 Å². The van der Waals surface area contributed by atoms with Crippen LogP contribution < -0.4 is 5.73 Å². The average Bonchev–Trinajstić information content (AvgIpc) is 3.07. The van der Waals surface area contributed by atoms with Gasteiger partial charge in [0.05, 0.1) is 11.2 Å². The molecule has 0 radical (unpaired) electrons. The molecule has 2 atom stereocenters. The van der Waals surface area contributed by atoms with Crippen molar-refractivity contribution in [1.29, 1.82) is 0 Å². The van der Waals surface area contributed by atoms with Crippen molar-refractivity contribution in [3.05, 3.63) is 47.1 Å². The molecule has 22 heavy (non-hydrogen) atoms. The van der Waals surface area contributed by atoms with Crippen molar-refractivity contribution in [1.82, 2.24) is 9.29 Å². The smallest absolute Gasteiger partial charge is 0.254 e. The molecule has 3 rings (SSSR count). The molecule has 0 amide bonds. The summed E-state index contributed by atoms with van der Waals surface area (Å²) in [6, 6.07) is 9.65. The topological polar surface area (TPSA) is 76.3 Å². The molecule has 8 heteroatoms. The minimum absolute atomic E-state index is 0. The number of nitrogens with two attached hydrogens (primary N) is 1. The van der Waals surface area contributed by atoms with E-state index in [4.69, 9.17) is 5.73 Å². The lowest BCUT2D eigenvalue weighted by Crippen LogP contribution is -2.31. The van der Waals surface area contributed by atoms with Crippen LogP contribution in [0.5, 0.6) is 0 Å². The van der Waals surface area contributed by atoms with Gasteiger partial charge in [0.15, 0.2) is 4.21 Å². The molecule has 120 valence electrons. The van der Waals surface area contributed by atoms with E-state index in [1.54, 1.807) is 6.92 Å². The van der Waals surface area contributed by atoms with Gasteiger partial charge in [0.2, 0.25) is 0 Å². The first-order valence-corrected chi connectivity index (χ1v) is 8.97. The number of benzene rings is 1. The Balaban J connectivity index is 0.00000176. The summed E-state index contributed by atoms with van der Waals surface area (Å²) in [5.41, 5.74) is 7.25. The van der Waals surface area contributed by atoms with Crippen LogP contribution in [0.4, 0.5) is 0 Å². The largest absolute Gasteiger partial charge is 0.326 e. The lowest BCUT2D eigenvalue weighted by Gasteiger charge is -2.15. The fourth-order valence-corrected chi connectivity index (χ4v) is 5.40. The number of thiazole rings is 1. The molecule has 0 aliphatic carbocycles. The van der Waals surface area contributed by atoms with Crippen LogP contribution >= 0.6 is 23.7 Å². The Morgan fingerprint density at radius 2 is 1.95 bits per heavy atom. The number of aryl methyl sites for hydroxylation is 1. The van der Waals surface area contributed by atoms with E-state index in [9.17, 15) is 8.42 Å². The molecule has 1 aliphatic rings. The molecule has 2 heterocycles. The van der Waals surface area contributed by atoms with E-state index in [0.29, 0.717) is 17.3 Å². The Morgan fingerprint density at radius 1 is 1.27 bits per heavy atom. The summed E-state index contributed by atoms with van der Waals surface area (Å²) in [6.45, 7) is 2.56. The number of sulfonamides is 1. The summed E-state index contributed by atoms with van der Waals surface area (Å²) in [7, 11) is -3.48. The molecule has 0 spiro atoms. The Bertz CT molecular complexity index is 734. The fraction of sp³-hybridized carbons (Fsp3) is 0.357. The van der Waals surface area contributed by atoms with E-state index in [1.165, 1.54) is 21.8 Å². The lowest BCUT2D eigenvalue weighted by atomic mass is 9.95. The van der Waals surface area contributed by atoms with E-state index in [0.717, 1.165) is 10.6 Å². The third-order valence-electron chi connectivity index (χ3n) is 3.75. The number of hydrogen-bond acceptors (Lipinski definition) is 5. The van der Waals surface area contributed by atoms with Gasteiger partial charge in [0.25, 0.3) is 10.0 Å². The molecular formula is C14H18ClN3O2S2. The zero-order chi connectivity index (χ0) is 15.0. The SMILES string of the molecule is Cc1ncc(S(=O)(=O)N2C[C@@H](N)[C@H](c3ccccc3)C2)s1.Cl. The van der Waals surface area contributed by atoms with Crippen LogP contribution in [0.1, 0.15) is 16.5 Å². The lowest BCUT2D eigenvalue weighted by molar-refractivity contribution is 0.472. The predicted molar refractivity (Wildman–Crippen MR) is 90.0 cm³/mol. The molecule has 0 unspecified atom stereocenters. The molecule has 1 saturated heterocycles. The van der Waals surface area contributed by atoms with Crippen LogP contribution in [0.2, 0.25) is 0 Å². The molecule has 1 aromatic heterocycles. The number of hydrogen-bond donors (Lipinski definition) is 1. The Morgan fingerprint density at radius 3 is 2.55 bits per heavy atom. The second-order valence-electron chi connectivity index (χ2n) is 5.20. The molecule has 1 aliphatic heterocycles. The van der Waals surface area contributed by atoms with Crippen molar-refractivity contribution >= 4 is 33.8 Å². The molecular weight excluding hydrogens is 342 g/mol. The minimum Gasteiger partial charge on any atom is -0.326 e. The summed E-state index contributed by atoms with van der Waals surface area (Å²) >= 11 is 1.20. The maximum atomic E-state index is 12.6. The zero-order valence-electron chi connectivity index (χ0n) is 12.0. The van der Waals surface area contributed by atoms with Crippen LogP contribution in [0.15, 0.2) is 40.7 Å². The second-order valence-corrected chi connectivity index (χ2v) is 8.60. The molecule has 1 aromatic carbocycles. The third kappa shape index (κ3) is 3.18. The number of aromatic nitrogens is 1. The Hall–Kier alpha value is -0.990. The first-order valence-electron chi connectivity index (χ1n) is 6.71. The highest BCUT2D eigenvalue weighted by Gasteiger charge is 2.38. The van der Waals surface area contributed by atoms with E-state index in [-0.39, 0.29) is 24.4 Å². The number of nitrogens with zero attached hydrogens (tertiary/aromatic N) is 2. The van der Waals surface area contributed by atoms with Gasteiger partial charge < -0.3 is 5.73 Å². The molecule has 1 fully saturated rings. The van der Waals surface area contributed by atoms with Gasteiger partial charge >= 0.3 is 0 Å². The van der Waals surface area contributed by atoms with Crippen molar-refractivity contribution in [3.63, 3.8) is 0 Å². The van der Waals surface area contributed by atoms with Gasteiger partial charge in [-0.1, -0.05) is 30.3 Å². The van der Waals surface area contributed by atoms with Crippen molar-refractivity contribution in [2.75, 3.05) is 13.1 Å². The van der Waals surface area contributed by atoms with E-state index in [2.05, 4.69) is 4.98 Å². The van der Waals surface area contributed by atoms with Crippen LogP contribution in [0, 0.1) is 6.92 Å². The summed E-state index contributed by atoms with van der Waals surface area (Å²) < 4.78 is 27.0. The van der Waals surface area contributed by atoms with Gasteiger partial charge in [0, 0.05) is 25.0 Å². The standard InChI is InChI=1S/C14H17N3O2S2.ClH/c1-10-16-7-14(20-10)21(18,19)17-8-12(13(15)9-17)11-5-3-2-4-6-11;/h2-7,12-13H,8-9,15H2,1H3;1H/t12-,13+;/m0./s1. The molecule has 5 nitrogen and oxygen atoms in total. The Kier molecular flexibility index (Phi) is 5.24. The number of halogens is 1. The highest BCUT2D eigenvalue weighted by molar-refractivity contribution is 7.91. The zero-order valence-corrected chi connectivity index (χ0v) is 14.5. The van der Waals surface area contributed by atoms with Gasteiger partial charge in [-0.3, -0.25) is 0 Å². The average molecular weight is 360 g/mol. The molecule has 0 bridgehead atoms. The van der Waals surface area contributed by atoms with Gasteiger partial charge in [-0.15, -0.1) is 23.7 Å². The first-order chi connectivity index (χ1) is 9.98. The van der Waals surface area contributed by atoms with E-state index < -0.39 is 10.0 Å². The first kappa shape index (κ1) is 17.4. The summed E-state index contributed by atoms with van der Waals surface area (Å²) in [5.74, 6) is 0.0370. The molecule has 0 saturated carbocycles. The predicted octanol–water partition coefficient (Wildman–Crippen LogP) is 1.99. The maximum Gasteiger partial charge on any atom is 0.254 e. The van der Waals surface area contributed by atoms with Crippen molar-refractivity contribution in [3.8, 4) is 0 Å². The summed E-state index contributed by atoms with van der Waals surface area (Å²) in [6.07, 6.45) is 1.43. The third-order valence-corrected chi connectivity index (χ3v) is 6.93. The quantitative estimate of drug-likeness (QED) is 0.909. The van der Waals surface area contributed by atoms with Crippen LogP contribution in [-0.4, -0.2) is 36.8 Å². The molecule has 2 N–H and O–H groups in total. The monoisotopic (exact) mass is 359 g/mol. The van der Waals surface area contributed by atoms with Gasteiger partial charge in [0.1, 0.15) is 0 Å².